The van der Waals surface area contributed by atoms with E-state index in [2.05, 4.69) is 15.3 Å². The number of ether oxygens (including phenoxy) is 1. The minimum Gasteiger partial charge on any atom is -0.493 e. The number of rotatable bonds is 7. The van der Waals surface area contributed by atoms with E-state index in [-0.39, 0.29) is 5.91 Å². The fourth-order valence-corrected chi connectivity index (χ4v) is 4.18. The Bertz CT molecular complexity index is 1250. The zero-order valence-corrected chi connectivity index (χ0v) is 17.7. The number of nitrogen functional groups attached to an aromatic ring is 1. The van der Waals surface area contributed by atoms with Crippen molar-refractivity contribution in [2.75, 3.05) is 12.3 Å². The molecule has 5 rings (SSSR count). The highest BCUT2D eigenvalue weighted by molar-refractivity contribution is 7.22. The Balaban J connectivity index is 1.30. The quantitative estimate of drug-likeness (QED) is 0.445. The summed E-state index contributed by atoms with van der Waals surface area (Å²) in [6.07, 6.45) is 5.82. The summed E-state index contributed by atoms with van der Waals surface area (Å²) in [6, 6.07) is 15.6. The van der Waals surface area contributed by atoms with Gasteiger partial charge in [0.25, 0.3) is 5.91 Å². The number of aromatic nitrogens is 2. The van der Waals surface area contributed by atoms with Gasteiger partial charge >= 0.3 is 0 Å². The third-order valence-electron chi connectivity index (χ3n) is 5.32. The molecule has 31 heavy (non-hydrogen) atoms. The van der Waals surface area contributed by atoms with Crippen LogP contribution in [0.25, 0.3) is 21.3 Å². The summed E-state index contributed by atoms with van der Waals surface area (Å²) in [4.78, 5) is 21.3. The number of hydrogen-bond acceptors (Lipinski definition) is 6. The minimum atomic E-state index is -0.172. The summed E-state index contributed by atoms with van der Waals surface area (Å²) in [6.45, 7) is 1.14. The van der Waals surface area contributed by atoms with Gasteiger partial charge in [-0.1, -0.05) is 35.6 Å². The lowest BCUT2D eigenvalue weighted by Crippen LogP contribution is -2.23. The molecular formula is C24H22N4O2S. The molecule has 1 aliphatic carbocycles. The molecule has 156 valence electrons. The van der Waals surface area contributed by atoms with Gasteiger partial charge in [0.15, 0.2) is 5.13 Å². The van der Waals surface area contributed by atoms with Gasteiger partial charge in [0.1, 0.15) is 5.75 Å². The molecule has 0 unspecified atom stereocenters. The lowest BCUT2D eigenvalue weighted by atomic mass is 10.1. The van der Waals surface area contributed by atoms with Crippen molar-refractivity contribution < 1.29 is 9.53 Å². The summed E-state index contributed by atoms with van der Waals surface area (Å²) in [5, 5.41) is 3.53. The van der Waals surface area contributed by atoms with E-state index in [1.54, 1.807) is 12.4 Å². The molecule has 2 aromatic carbocycles. The number of nitrogens with two attached hydrogens (primary N) is 1. The predicted molar refractivity (Wildman–Crippen MR) is 123 cm³/mol. The van der Waals surface area contributed by atoms with E-state index in [0.29, 0.717) is 23.2 Å². The summed E-state index contributed by atoms with van der Waals surface area (Å²) < 4.78 is 6.94. The first-order chi connectivity index (χ1) is 15.2. The van der Waals surface area contributed by atoms with Crippen molar-refractivity contribution in [2.24, 2.45) is 5.92 Å². The van der Waals surface area contributed by atoms with E-state index < -0.39 is 0 Å². The highest BCUT2D eigenvalue weighted by Gasteiger charge is 2.22. The molecule has 2 heterocycles. The van der Waals surface area contributed by atoms with Gasteiger partial charge in [0.05, 0.1) is 22.4 Å². The standard InChI is InChI=1S/C24H22N4O2S/c25-24-28-20-8-7-16(10-22(20)31-24)18-9-19(12-26-11-18)23(29)27-13-17-3-1-2-4-21(17)30-14-15-5-6-15/h1-4,7-12,15H,5-6,13-14H2,(H2,25,28)(H,27,29). The molecule has 0 aliphatic heterocycles. The molecule has 0 bridgehead atoms. The van der Waals surface area contributed by atoms with E-state index in [1.165, 1.54) is 24.2 Å². The Morgan fingerprint density at radius 1 is 1.13 bits per heavy atom. The Kier molecular flexibility index (Phi) is 5.26. The van der Waals surface area contributed by atoms with E-state index in [0.717, 1.165) is 39.3 Å². The van der Waals surface area contributed by atoms with Gasteiger partial charge < -0.3 is 15.8 Å². The van der Waals surface area contributed by atoms with E-state index in [1.807, 2.05) is 48.5 Å². The van der Waals surface area contributed by atoms with Gasteiger partial charge in [-0.3, -0.25) is 9.78 Å². The minimum absolute atomic E-state index is 0.172. The average molecular weight is 431 g/mol. The van der Waals surface area contributed by atoms with E-state index >= 15 is 0 Å². The van der Waals surface area contributed by atoms with Gasteiger partial charge in [-0.05, 0) is 48.6 Å². The molecule has 0 radical (unpaired) electrons. The van der Waals surface area contributed by atoms with E-state index in [9.17, 15) is 4.79 Å². The molecule has 1 saturated carbocycles. The van der Waals surface area contributed by atoms with Crippen molar-refractivity contribution in [3.05, 3.63) is 72.1 Å². The molecule has 6 nitrogen and oxygen atoms in total. The summed E-state index contributed by atoms with van der Waals surface area (Å²) in [5.74, 6) is 1.34. The van der Waals surface area contributed by atoms with Gasteiger partial charge in [-0.15, -0.1) is 0 Å². The first kappa shape index (κ1) is 19.5. The molecule has 1 amide bonds. The fourth-order valence-electron chi connectivity index (χ4n) is 3.40. The Labute approximate surface area is 184 Å². The number of anilines is 1. The maximum absolute atomic E-state index is 12.8. The number of carbonyl (C=O) groups excluding carboxylic acids is 1. The van der Waals surface area contributed by atoms with Crippen LogP contribution in [-0.2, 0) is 6.54 Å². The molecule has 0 atom stereocenters. The zero-order chi connectivity index (χ0) is 21.2. The Morgan fingerprint density at radius 2 is 2.00 bits per heavy atom. The van der Waals surface area contributed by atoms with Crippen LogP contribution >= 0.6 is 11.3 Å². The summed E-state index contributed by atoms with van der Waals surface area (Å²) >= 11 is 1.44. The SMILES string of the molecule is Nc1nc2ccc(-c3cncc(C(=O)NCc4ccccc4OCC4CC4)c3)cc2s1. The van der Waals surface area contributed by atoms with Crippen LogP contribution in [0, 0.1) is 5.92 Å². The molecule has 7 heteroatoms. The normalized spacial score (nSPS) is 13.3. The molecule has 3 N–H and O–H groups in total. The number of amides is 1. The van der Waals surface area contributed by atoms with Crippen LogP contribution < -0.4 is 15.8 Å². The predicted octanol–water partition coefficient (Wildman–Crippen LogP) is 4.66. The van der Waals surface area contributed by atoms with Crippen molar-refractivity contribution in [3.63, 3.8) is 0 Å². The van der Waals surface area contributed by atoms with Crippen LogP contribution in [0.5, 0.6) is 5.75 Å². The summed E-state index contributed by atoms with van der Waals surface area (Å²) in [5.41, 5.74) is 9.99. The lowest BCUT2D eigenvalue weighted by Gasteiger charge is -2.12. The van der Waals surface area contributed by atoms with Crippen LogP contribution in [0.1, 0.15) is 28.8 Å². The number of nitrogens with one attached hydrogen (secondary N) is 1. The van der Waals surface area contributed by atoms with Crippen molar-refractivity contribution in [3.8, 4) is 16.9 Å². The topological polar surface area (TPSA) is 90.1 Å². The van der Waals surface area contributed by atoms with Crippen molar-refractivity contribution in [1.82, 2.24) is 15.3 Å². The second-order valence-corrected chi connectivity index (χ2v) is 8.80. The van der Waals surface area contributed by atoms with Crippen LogP contribution in [0.4, 0.5) is 5.13 Å². The van der Waals surface area contributed by atoms with Crippen molar-refractivity contribution >= 4 is 32.6 Å². The largest absolute Gasteiger partial charge is 0.493 e. The first-order valence-electron chi connectivity index (χ1n) is 10.3. The van der Waals surface area contributed by atoms with Crippen molar-refractivity contribution in [1.29, 1.82) is 0 Å². The number of fused-ring (bicyclic) bond motifs is 1. The monoisotopic (exact) mass is 430 g/mol. The molecule has 0 saturated heterocycles. The number of benzene rings is 2. The van der Waals surface area contributed by atoms with Crippen LogP contribution in [-0.4, -0.2) is 22.5 Å². The zero-order valence-electron chi connectivity index (χ0n) is 16.9. The number of hydrogen-bond donors (Lipinski definition) is 2. The molecule has 1 fully saturated rings. The average Bonchev–Trinajstić information content (AvgIpc) is 3.55. The number of thiazole rings is 1. The lowest BCUT2D eigenvalue weighted by molar-refractivity contribution is 0.0950. The van der Waals surface area contributed by atoms with Crippen LogP contribution in [0.15, 0.2) is 60.9 Å². The number of nitrogens with zero attached hydrogens (tertiary/aromatic N) is 2. The van der Waals surface area contributed by atoms with E-state index in [4.69, 9.17) is 10.5 Å². The Hall–Kier alpha value is -3.45. The van der Waals surface area contributed by atoms with Crippen LogP contribution in [0.2, 0.25) is 0 Å². The third kappa shape index (κ3) is 4.51. The van der Waals surface area contributed by atoms with Gasteiger partial charge in [0.2, 0.25) is 0 Å². The molecule has 4 aromatic rings. The second-order valence-electron chi connectivity index (χ2n) is 7.74. The third-order valence-corrected chi connectivity index (χ3v) is 6.17. The number of para-hydroxylation sites is 1. The van der Waals surface area contributed by atoms with Gasteiger partial charge in [0, 0.05) is 30.1 Å². The van der Waals surface area contributed by atoms with Crippen molar-refractivity contribution in [2.45, 2.75) is 19.4 Å². The number of pyridine rings is 1. The summed E-state index contributed by atoms with van der Waals surface area (Å²) in [7, 11) is 0. The van der Waals surface area contributed by atoms with Crippen LogP contribution in [0.3, 0.4) is 0 Å². The molecule has 2 aromatic heterocycles. The molecular weight excluding hydrogens is 408 g/mol. The smallest absolute Gasteiger partial charge is 0.253 e. The van der Waals surface area contributed by atoms with Gasteiger partial charge in [-0.25, -0.2) is 4.98 Å². The highest BCUT2D eigenvalue weighted by atomic mass is 32.1. The molecule has 0 spiro atoms. The second kappa shape index (κ2) is 8.35. The number of carbonyl (C=O) groups is 1. The maximum atomic E-state index is 12.8. The van der Waals surface area contributed by atoms with Gasteiger partial charge in [-0.2, -0.15) is 0 Å². The first-order valence-corrected chi connectivity index (χ1v) is 11.1. The fraction of sp³-hybridized carbons (Fsp3) is 0.208. The molecule has 1 aliphatic rings. The highest BCUT2D eigenvalue weighted by Crippen LogP contribution is 2.31. The Morgan fingerprint density at radius 3 is 2.87 bits per heavy atom. The maximum Gasteiger partial charge on any atom is 0.253 e.